The van der Waals surface area contributed by atoms with Crippen molar-refractivity contribution in [1.82, 2.24) is 19.9 Å². The summed E-state index contributed by atoms with van der Waals surface area (Å²) < 4.78 is 20.0. The van der Waals surface area contributed by atoms with Crippen LogP contribution in [-0.2, 0) is 18.4 Å². The summed E-state index contributed by atoms with van der Waals surface area (Å²) >= 11 is 0. The van der Waals surface area contributed by atoms with Crippen molar-refractivity contribution < 1.29 is 18.8 Å². The molecule has 4 rings (SSSR count). The van der Waals surface area contributed by atoms with Crippen LogP contribution in [0.5, 0.6) is 5.75 Å². The molecule has 1 aliphatic heterocycles. The second kappa shape index (κ2) is 9.19. The molecule has 1 amide bonds. The minimum absolute atomic E-state index is 0.104. The highest BCUT2D eigenvalue weighted by Gasteiger charge is 2.26. The molecular formula is C23H22FN5O4. The number of carbonyl (C=O) groups excluding carboxylic acids is 1. The Hall–Kier alpha value is -4.08. The highest BCUT2D eigenvalue weighted by atomic mass is 19.1. The summed E-state index contributed by atoms with van der Waals surface area (Å²) in [6, 6.07) is 9.23. The zero-order valence-electron chi connectivity index (χ0n) is 18.3. The number of rotatable bonds is 6. The van der Waals surface area contributed by atoms with Gasteiger partial charge in [0.2, 0.25) is 0 Å². The molecule has 1 N–H and O–H groups in total. The molecule has 1 aromatic carbocycles. The average Bonchev–Trinajstić information content (AvgIpc) is 3.30. The topological polar surface area (TPSA) is 108 Å². The smallest absolute Gasteiger partial charge is 0.270 e. The predicted molar refractivity (Wildman–Crippen MR) is 118 cm³/mol. The summed E-state index contributed by atoms with van der Waals surface area (Å²) in [5.41, 5.74) is 2.46. The van der Waals surface area contributed by atoms with Crippen molar-refractivity contribution in [3.63, 3.8) is 0 Å². The van der Waals surface area contributed by atoms with Crippen molar-refractivity contribution in [1.29, 1.82) is 0 Å². The summed E-state index contributed by atoms with van der Waals surface area (Å²) in [6.07, 6.45) is 1.67. The number of benzene rings is 1. The van der Waals surface area contributed by atoms with Crippen LogP contribution in [0.2, 0.25) is 0 Å². The van der Waals surface area contributed by atoms with Crippen molar-refractivity contribution in [3.05, 3.63) is 87.1 Å². The summed E-state index contributed by atoms with van der Waals surface area (Å²) in [6.45, 7) is 1.85. The maximum Gasteiger partial charge on any atom is 0.270 e. The van der Waals surface area contributed by atoms with Gasteiger partial charge in [0, 0.05) is 37.8 Å². The Balaban J connectivity index is 1.47. The van der Waals surface area contributed by atoms with Gasteiger partial charge in [0.15, 0.2) is 17.7 Å². The molecule has 0 aliphatic carbocycles. The normalized spacial score (nSPS) is 15.0. The summed E-state index contributed by atoms with van der Waals surface area (Å²) in [4.78, 5) is 38.7. The van der Waals surface area contributed by atoms with E-state index in [1.807, 2.05) is 0 Å². The third kappa shape index (κ3) is 4.89. The second-order valence-corrected chi connectivity index (χ2v) is 7.58. The van der Waals surface area contributed by atoms with Gasteiger partial charge in [0.05, 0.1) is 12.8 Å². The van der Waals surface area contributed by atoms with E-state index in [0.717, 1.165) is 5.56 Å². The summed E-state index contributed by atoms with van der Waals surface area (Å²) in [7, 11) is 3.05. The Bertz CT molecular complexity index is 1300. The number of halogens is 1. The lowest BCUT2D eigenvalue weighted by atomic mass is 10.0. The molecule has 3 heterocycles. The number of pyridine rings is 1. The number of ether oxygens (including phenoxy) is 1. The van der Waals surface area contributed by atoms with E-state index >= 15 is 0 Å². The molecule has 0 saturated heterocycles. The number of methoxy groups -OCH3 is 1. The van der Waals surface area contributed by atoms with Crippen molar-refractivity contribution in [2.45, 2.75) is 26.0 Å². The molecule has 0 bridgehead atoms. The molecule has 2 aromatic heterocycles. The van der Waals surface area contributed by atoms with Gasteiger partial charge in [-0.1, -0.05) is 11.2 Å². The Morgan fingerprint density at radius 2 is 2.09 bits per heavy atom. The fourth-order valence-corrected chi connectivity index (χ4v) is 3.39. The van der Waals surface area contributed by atoms with E-state index in [1.54, 1.807) is 38.4 Å². The molecule has 1 unspecified atom stereocenters. The predicted octanol–water partition coefficient (Wildman–Crippen LogP) is 2.43. The van der Waals surface area contributed by atoms with Gasteiger partial charge in [-0.15, -0.1) is 0 Å². The van der Waals surface area contributed by atoms with Crippen LogP contribution in [0.4, 0.5) is 4.39 Å². The minimum atomic E-state index is -0.475. The largest absolute Gasteiger partial charge is 0.494 e. The SMILES string of the molecule is COc1cc(CNC(=O)c2cc(C3=NOC(c4ccn(C)c(=O)c4)C3)nc(C)n2)ccc1F. The number of aromatic nitrogens is 3. The first-order chi connectivity index (χ1) is 15.8. The van der Waals surface area contributed by atoms with Gasteiger partial charge < -0.3 is 19.5 Å². The van der Waals surface area contributed by atoms with Crippen LogP contribution in [0.15, 0.2) is 52.5 Å². The van der Waals surface area contributed by atoms with Crippen LogP contribution >= 0.6 is 0 Å². The zero-order chi connectivity index (χ0) is 23.5. The fraction of sp³-hybridized carbons (Fsp3) is 0.261. The maximum absolute atomic E-state index is 13.6. The number of hydrogen-bond acceptors (Lipinski definition) is 7. The number of nitrogens with one attached hydrogen (secondary N) is 1. The van der Waals surface area contributed by atoms with Crippen molar-refractivity contribution in [2.75, 3.05) is 7.11 Å². The van der Waals surface area contributed by atoms with Gasteiger partial charge in [-0.3, -0.25) is 9.59 Å². The first-order valence-corrected chi connectivity index (χ1v) is 10.2. The van der Waals surface area contributed by atoms with Gasteiger partial charge >= 0.3 is 0 Å². The molecule has 1 aliphatic rings. The third-order valence-electron chi connectivity index (χ3n) is 5.20. The first kappa shape index (κ1) is 22.1. The molecule has 0 spiro atoms. The number of hydrogen-bond donors (Lipinski definition) is 1. The van der Waals surface area contributed by atoms with Crippen molar-refractivity contribution >= 4 is 11.6 Å². The van der Waals surface area contributed by atoms with Crippen LogP contribution in [0.25, 0.3) is 0 Å². The molecule has 9 nitrogen and oxygen atoms in total. The van der Waals surface area contributed by atoms with Gasteiger partial charge in [0.25, 0.3) is 11.5 Å². The minimum Gasteiger partial charge on any atom is -0.494 e. The van der Waals surface area contributed by atoms with Gasteiger partial charge in [0.1, 0.15) is 17.2 Å². The van der Waals surface area contributed by atoms with E-state index in [9.17, 15) is 14.0 Å². The standard InChI is InChI=1S/C23H22FN5O4/c1-13-26-17(18-11-20(33-28-18)15-6-7-29(2)22(30)9-15)10-19(27-13)23(31)25-12-14-4-5-16(24)21(8-14)32-3/h4-10,20H,11-12H2,1-3H3,(H,25,31). The van der Waals surface area contributed by atoms with Gasteiger partial charge in [-0.25, -0.2) is 14.4 Å². The van der Waals surface area contributed by atoms with E-state index < -0.39 is 17.8 Å². The van der Waals surface area contributed by atoms with E-state index in [2.05, 4.69) is 20.4 Å². The molecule has 0 radical (unpaired) electrons. The van der Waals surface area contributed by atoms with E-state index in [4.69, 9.17) is 9.57 Å². The Morgan fingerprint density at radius 3 is 2.85 bits per heavy atom. The molecule has 0 fully saturated rings. The fourth-order valence-electron chi connectivity index (χ4n) is 3.39. The van der Waals surface area contributed by atoms with E-state index in [-0.39, 0.29) is 23.5 Å². The lowest BCUT2D eigenvalue weighted by Gasteiger charge is -2.09. The quantitative estimate of drug-likeness (QED) is 0.617. The van der Waals surface area contributed by atoms with Gasteiger partial charge in [-0.05, 0) is 36.8 Å². The molecule has 170 valence electrons. The molecule has 0 saturated carbocycles. The highest BCUT2D eigenvalue weighted by molar-refractivity contribution is 6.02. The number of oxime groups is 1. The van der Waals surface area contributed by atoms with Crippen molar-refractivity contribution in [2.24, 2.45) is 12.2 Å². The van der Waals surface area contributed by atoms with Crippen molar-refractivity contribution in [3.8, 4) is 5.75 Å². The van der Waals surface area contributed by atoms with E-state index in [1.165, 1.54) is 29.9 Å². The Kier molecular flexibility index (Phi) is 6.16. The zero-order valence-corrected chi connectivity index (χ0v) is 18.3. The van der Waals surface area contributed by atoms with Crippen LogP contribution < -0.4 is 15.6 Å². The molecule has 33 heavy (non-hydrogen) atoms. The third-order valence-corrected chi connectivity index (χ3v) is 5.20. The molecule has 1 atom stereocenters. The number of amides is 1. The van der Waals surface area contributed by atoms with Crippen LogP contribution in [-0.4, -0.2) is 33.3 Å². The Morgan fingerprint density at radius 1 is 1.27 bits per heavy atom. The first-order valence-electron chi connectivity index (χ1n) is 10.2. The average molecular weight is 451 g/mol. The molecule has 10 heteroatoms. The number of carbonyl (C=O) groups is 1. The monoisotopic (exact) mass is 451 g/mol. The van der Waals surface area contributed by atoms with E-state index in [0.29, 0.717) is 29.2 Å². The van der Waals surface area contributed by atoms with Crippen LogP contribution in [0, 0.1) is 12.7 Å². The molecular weight excluding hydrogens is 429 g/mol. The van der Waals surface area contributed by atoms with Crippen LogP contribution in [0.3, 0.4) is 0 Å². The summed E-state index contributed by atoms with van der Waals surface area (Å²) in [5.74, 6) is -0.377. The van der Waals surface area contributed by atoms with Gasteiger partial charge in [-0.2, -0.15) is 0 Å². The molecule has 3 aromatic rings. The number of nitrogens with zero attached hydrogens (tertiary/aromatic N) is 4. The highest BCUT2D eigenvalue weighted by Crippen LogP contribution is 2.28. The maximum atomic E-state index is 13.6. The summed E-state index contributed by atoms with van der Waals surface area (Å²) in [5, 5.41) is 6.88. The number of aryl methyl sites for hydroxylation is 2. The lowest BCUT2D eigenvalue weighted by Crippen LogP contribution is -2.25. The Labute approximate surface area is 188 Å². The van der Waals surface area contributed by atoms with Crippen LogP contribution in [0.1, 0.15) is 45.7 Å². The second-order valence-electron chi connectivity index (χ2n) is 7.58. The lowest BCUT2D eigenvalue weighted by molar-refractivity contribution is 0.0855.